The molecular weight excluding hydrogens is 340 g/mol. The fourth-order valence-corrected chi connectivity index (χ4v) is 5.83. The zero-order valence-electron chi connectivity index (χ0n) is 16.6. The lowest BCUT2D eigenvalue weighted by Gasteiger charge is -2.51. The Morgan fingerprint density at radius 1 is 1.07 bits per heavy atom. The van der Waals surface area contributed by atoms with Crippen LogP contribution >= 0.6 is 0 Å². The van der Waals surface area contributed by atoms with E-state index in [-0.39, 0.29) is 5.41 Å². The van der Waals surface area contributed by atoms with Crippen molar-refractivity contribution in [3.63, 3.8) is 0 Å². The van der Waals surface area contributed by atoms with E-state index >= 15 is 0 Å². The third-order valence-electron chi connectivity index (χ3n) is 6.78. The summed E-state index contributed by atoms with van der Waals surface area (Å²) in [6, 6.07) is 8.91. The van der Waals surface area contributed by atoms with Gasteiger partial charge in [0, 0.05) is 0 Å². The van der Waals surface area contributed by atoms with Crippen LogP contribution < -0.4 is 0 Å². The Bertz CT molecular complexity index is 660. The summed E-state index contributed by atoms with van der Waals surface area (Å²) in [6.45, 7) is 4.34. The number of carboxylic acids is 1. The Kier molecular flexibility index (Phi) is 5.92. The second-order valence-electron chi connectivity index (χ2n) is 8.87. The van der Waals surface area contributed by atoms with Crippen LogP contribution in [0.15, 0.2) is 30.3 Å². The third-order valence-corrected chi connectivity index (χ3v) is 6.78. The van der Waals surface area contributed by atoms with Crippen molar-refractivity contribution in [2.24, 2.45) is 16.7 Å². The molecule has 0 aliphatic heterocycles. The van der Waals surface area contributed by atoms with Gasteiger partial charge in [0.2, 0.25) is 0 Å². The highest BCUT2D eigenvalue weighted by Crippen LogP contribution is 2.61. The zero-order valence-corrected chi connectivity index (χ0v) is 16.6. The molecule has 1 N–H and O–H groups in total. The molecule has 2 unspecified atom stereocenters. The molecule has 148 valence electrons. The van der Waals surface area contributed by atoms with Crippen molar-refractivity contribution < 1.29 is 19.4 Å². The SMILES string of the molecule is CC(C)CC1(C2(C(=O)O)CCCC2OC(=O)c2ccccc2)CCCCC1. The largest absolute Gasteiger partial charge is 0.481 e. The molecular formula is C23H32O4. The van der Waals surface area contributed by atoms with Crippen LogP contribution in [0.1, 0.15) is 82.0 Å². The zero-order chi connectivity index (χ0) is 19.5. The summed E-state index contributed by atoms with van der Waals surface area (Å²) in [4.78, 5) is 25.5. The van der Waals surface area contributed by atoms with E-state index in [2.05, 4.69) is 13.8 Å². The average Bonchev–Trinajstić information content (AvgIpc) is 3.08. The first-order chi connectivity index (χ1) is 12.9. The Hall–Kier alpha value is -1.84. The number of hydrogen-bond donors (Lipinski definition) is 1. The van der Waals surface area contributed by atoms with Crippen LogP contribution in [0.5, 0.6) is 0 Å². The molecule has 2 atom stereocenters. The van der Waals surface area contributed by atoms with E-state index in [9.17, 15) is 14.7 Å². The monoisotopic (exact) mass is 372 g/mol. The van der Waals surface area contributed by atoms with E-state index in [0.717, 1.165) is 38.5 Å². The fourth-order valence-electron chi connectivity index (χ4n) is 5.83. The summed E-state index contributed by atoms with van der Waals surface area (Å²) in [7, 11) is 0. The van der Waals surface area contributed by atoms with Crippen molar-refractivity contribution in [3.8, 4) is 0 Å². The molecule has 2 aliphatic rings. The van der Waals surface area contributed by atoms with Crippen LogP contribution in [0.3, 0.4) is 0 Å². The van der Waals surface area contributed by atoms with Gasteiger partial charge in [-0.05, 0) is 62.0 Å². The molecule has 2 aliphatic carbocycles. The van der Waals surface area contributed by atoms with Gasteiger partial charge in [-0.2, -0.15) is 0 Å². The minimum atomic E-state index is -0.956. The average molecular weight is 373 g/mol. The van der Waals surface area contributed by atoms with E-state index < -0.39 is 23.5 Å². The number of rotatable bonds is 6. The summed E-state index contributed by atoms with van der Waals surface area (Å²) in [6.07, 6.45) is 7.57. The van der Waals surface area contributed by atoms with Crippen molar-refractivity contribution in [3.05, 3.63) is 35.9 Å². The van der Waals surface area contributed by atoms with Crippen LogP contribution in [0, 0.1) is 16.7 Å². The molecule has 0 radical (unpaired) electrons. The minimum Gasteiger partial charge on any atom is -0.481 e. The standard InChI is InChI=1S/C23H32O4/c1-17(2)16-22(13-7-4-8-14-22)23(21(25)26)15-9-12-19(23)27-20(24)18-10-5-3-6-11-18/h3,5-6,10-11,17,19H,4,7-9,12-16H2,1-2H3,(H,25,26). The van der Waals surface area contributed by atoms with Gasteiger partial charge < -0.3 is 9.84 Å². The molecule has 3 rings (SSSR count). The molecule has 0 bridgehead atoms. The number of esters is 1. The first kappa shape index (κ1) is 19.9. The van der Waals surface area contributed by atoms with Gasteiger partial charge in [-0.3, -0.25) is 4.79 Å². The molecule has 2 fully saturated rings. The highest BCUT2D eigenvalue weighted by atomic mass is 16.5. The van der Waals surface area contributed by atoms with E-state index in [0.29, 0.717) is 24.3 Å². The maximum Gasteiger partial charge on any atom is 0.338 e. The number of ether oxygens (including phenoxy) is 1. The van der Waals surface area contributed by atoms with Crippen molar-refractivity contribution in [2.75, 3.05) is 0 Å². The number of carbonyl (C=O) groups excluding carboxylic acids is 1. The molecule has 4 heteroatoms. The van der Waals surface area contributed by atoms with Crippen LogP contribution in [-0.2, 0) is 9.53 Å². The lowest BCUT2D eigenvalue weighted by atomic mass is 9.52. The normalized spacial score (nSPS) is 27.4. The third kappa shape index (κ3) is 3.63. The predicted octanol–water partition coefficient (Wildman–Crippen LogP) is 5.46. The van der Waals surface area contributed by atoms with Gasteiger partial charge in [0.1, 0.15) is 11.5 Å². The van der Waals surface area contributed by atoms with E-state index in [4.69, 9.17) is 4.74 Å². The van der Waals surface area contributed by atoms with E-state index in [1.807, 2.05) is 6.07 Å². The highest BCUT2D eigenvalue weighted by Gasteiger charge is 2.63. The molecule has 4 nitrogen and oxygen atoms in total. The van der Waals surface area contributed by atoms with Gasteiger partial charge in [-0.1, -0.05) is 51.3 Å². The Balaban J connectivity index is 1.95. The number of carbonyl (C=O) groups is 2. The topological polar surface area (TPSA) is 63.6 Å². The first-order valence-electron chi connectivity index (χ1n) is 10.4. The van der Waals surface area contributed by atoms with Crippen LogP contribution in [0.2, 0.25) is 0 Å². The van der Waals surface area contributed by atoms with Crippen LogP contribution in [0.25, 0.3) is 0 Å². The molecule has 2 saturated carbocycles. The molecule has 1 aromatic rings. The maximum absolute atomic E-state index is 12.7. The number of hydrogen-bond acceptors (Lipinski definition) is 3. The van der Waals surface area contributed by atoms with Gasteiger partial charge in [-0.25, -0.2) is 4.79 Å². The molecule has 27 heavy (non-hydrogen) atoms. The maximum atomic E-state index is 12.7. The number of aliphatic carboxylic acids is 1. The summed E-state index contributed by atoms with van der Waals surface area (Å²) in [5, 5.41) is 10.5. The van der Waals surface area contributed by atoms with E-state index in [1.54, 1.807) is 24.3 Å². The second kappa shape index (κ2) is 8.04. The van der Waals surface area contributed by atoms with Crippen LogP contribution in [-0.4, -0.2) is 23.1 Å². The predicted molar refractivity (Wildman–Crippen MR) is 105 cm³/mol. The summed E-state index contributed by atoms with van der Waals surface area (Å²) in [5.41, 5.74) is -0.740. The summed E-state index contributed by atoms with van der Waals surface area (Å²) < 4.78 is 5.91. The second-order valence-corrected chi connectivity index (χ2v) is 8.87. The van der Waals surface area contributed by atoms with Crippen molar-refractivity contribution in [2.45, 2.75) is 77.7 Å². The summed E-state index contributed by atoms with van der Waals surface area (Å²) >= 11 is 0. The van der Waals surface area contributed by atoms with Crippen LogP contribution in [0.4, 0.5) is 0 Å². The van der Waals surface area contributed by atoms with Gasteiger partial charge in [0.25, 0.3) is 0 Å². The number of benzene rings is 1. The molecule has 0 spiro atoms. The Labute approximate surface area is 162 Å². The van der Waals surface area contributed by atoms with Gasteiger partial charge in [0.05, 0.1) is 5.56 Å². The Morgan fingerprint density at radius 2 is 1.74 bits per heavy atom. The summed E-state index contributed by atoms with van der Waals surface area (Å²) in [5.74, 6) is -0.748. The molecule has 0 saturated heterocycles. The molecule has 0 amide bonds. The lowest BCUT2D eigenvalue weighted by molar-refractivity contribution is -0.175. The molecule has 0 heterocycles. The minimum absolute atomic E-state index is 0.274. The van der Waals surface area contributed by atoms with Gasteiger partial charge >= 0.3 is 11.9 Å². The highest BCUT2D eigenvalue weighted by molar-refractivity contribution is 5.90. The first-order valence-corrected chi connectivity index (χ1v) is 10.4. The fraction of sp³-hybridized carbons (Fsp3) is 0.652. The van der Waals surface area contributed by atoms with Crippen molar-refractivity contribution in [1.29, 1.82) is 0 Å². The smallest absolute Gasteiger partial charge is 0.338 e. The molecule has 0 aromatic heterocycles. The quantitative estimate of drug-likeness (QED) is 0.673. The van der Waals surface area contributed by atoms with Crippen molar-refractivity contribution >= 4 is 11.9 Å². The Morgan fingerprint density at radius 3 is 2.33 bits per heavy atom. The molecule has 1 aromatic carbocycles. The lowest BCUT2D eigenvalue weighted by Crippen LogP contribution is -2.55. The number of carboxylic acid groups (broad SMARTS) is 1. The van der Waals surface area contributed by atoms with E-state index in [1.165, 1.54) is 6.42 Å². The van der Waals surface area contributed by atoms with Gasteiger partial charge in [-0.15, -0.1) is 0 Å². The van der Waals surface area contributed by atoms with Crippen molar-refractivity contribution in [1.82, 2.24) is 0 Å². The van der Waals surface area contributed by atoms with Gasteiger partial charge in [0.15, 0.2) is 0 Å².